The predicted octanol–water partition coefficient (Wildman–Crippen LogP) is 4.88. The van der Waals surface area contributed by atoms with Crippen LogP contribution in [-0.2, 0) is 38.6 Å². The average molecular weight is 582 g/mol. The molecule has 3 fully saturated rings. The summed E-state index contributed by atoms with van der Waals surface area (Å²) in [6.45, 7) is 8.92. The molecular formula is C32H36FNO8. The first-order valence-corrected chi connectivity index (χ1v) is 14.1. The zero-order chi connectivity index (χ0) is 30.1. The van der Waals surface area contributed by atoms with Gasteiger partial charge in [-0.15, -0.1) is 0 Å². The van der Waals surface area contributed by atoms with Gasteiger partial charge in [0.25, 0.3) is 0 Å². The van der Waals surface area contributed by atoms with E-state index in [1.54, 1.807) is 57.0 Å². The molecule has 10 heteroatoms. The minimum atomic E-state index is -1.35. The molecule has 6 rings (SSSR count). The first-order chi connectivity index (χ1) is 19.7. The lowest BCUT2D eigenvalue weighted by Crippen LogP contribution is -2.60. The second kappa shape index (κ2) is 9.96. The van der Waals surface area contributed by atoms with Crippen molar-refractivity contribution in [2.24, 2.45) is 0 Å². The largest absolute Gasteiger partial charge is 0.456 e. The van der Waals surface area contributed by atoms with Crippen LogP contribution in [0.25, 0.3) is 6.08 Å². The number of ether oxygens (including phenoxy) is 6. The van der Waals surface area contributed by atoms with Gasteiger partial charge in [0.1, 0.15) is 30.7 Å². The van der Waals surface area contributed by atoms with Crippen LogP contribution in [0.4, 0.5) is 10.1 Å². The number of allylic oxidation sites excluding steroid dienone is 1. The van der Waals surface area contributed by atoms with Crippen molar-refractivity contribution in [3.8, 4) is 0 Å². The first kappa shape index (κ1) is 28.9. The molecule has 0 aromatic heterocycles. The van der Waals surface area contributed by atoms with Crippen molar-refractivity contribution < 1.29 is 42.4 Å². The Morgan fingerprint density at radius 3 is 2.48 bits per heavy atom. The highest BCUT2D eigenvalue weighted by atomic mass is 19.1. The summed E-state index contributed by atoms with van der Waals surface area (Å²) in [5, 5.41) is 0. The van der Waals surface area contributed by atoms with E-state index in [4.69, 9.17) is 28.4 Å². The number of anilines is 1. The van der Waals surface area contributed by atoms with Crippen molar-refractivity contribution in [1.29, 1.82) is 0 Å². The number of carbonyl (C=O) groups is 2. The number of rotatable bonds is 6. The fourth-order valence-corrected chi connectivity index (χ4v) is 6.48. The van der Waals surface area contributed by atoms with E-state index in [0.29, 0.717) is 5.56 Å². The topological polar surface area (TPSA) is 92.8 Å². The maximum atomic E-state index is 15.2. The van der Waals surface area contributed by atoms with Gasteiger partial charge in [-0.3, -0.25) is 4.79 Å². The van der Waals surface area contributed by atoms with E-state index in [0.717, 1.165) is 11.3 Å². The molecule has 1 amide bonds. The fraction of sp³-hybridized carbons (Fsp3) is 0.500. The van der Waals surface area contributed by atoms with Gasteiger partial charge in [0.2, 0.25) is 11.7 Å². The zero-order valence-electron chi connectivity index (χ0n) is 24.6. The SMILES string of the molecule is CN1C(=O)[C@](C)(CC(F)=Cc2ccc(C(=O)OC[C@]34OC[C@@H]5OC(C)(C)O[C@@H]5[C@H]3OC(C)(C)O4)cc2)c2ccccc21. The highest BCUT2D eigenvalue weighted by molar-refractivity contribution is 6.07. The van der Waals surface area contributed by atoms with Gasteiger partial charge in [0.05, 0.1) is 17.6 Å². The molecule has 0 unspecified atom stereocenters. The Hall–Kier alpha value is -3.15. The number of halogens is 1. The van der Waals surface area contributed by atoms with E-state index in [1.807, 2.05) is 38.1 Å². The highest BCUT2D eigenvalue weighted by Crippen LogP contribution is 2.48. The quantitative estimate of drug-likeness (QED) is 0.446. The summed E-state index contributed by atoms with van der Waals surface area (Å²) in [5.41, 5.74) is 1.42. The van der Waals surface area contributed by atoms with Crippen molar-refractivity contribution in [3.05, 3.63) is 71.0 Å². The number of benzene rings is 2. The monoisotopic (exact) mass is 581 g/mol. The van der Waals surface area contributed by atoms with Crippen molar-refractivity contribution in [3.63, 3.8) is 0 Å². The summed E-state index contributed by atoms with van der Waals surface area (Å²) in [7, 11) is 1.70. The van der Waals surface area contributed by atoms with Crippen LogP contribution >= 0.6 is 0 Å². The van der Waals surface area contributed by atoms with Crippen molar-refractivity contribution in [2.45, 2.75) is 82.1 Å². The molecule has 224 valence electrons. The number of para-hydroxylation sites is 1. The average Bonchev–Trinajstić information content (AvgIpc) is 3.47. The Labute approximate surface area is 244 Å². The molecule has 2 aromatic rings. The predicted molar refractivity (Wildman–Crippen MR) is 150 cm³/mol. The fourth-order valence-electron chi connectivity index (χ4n) is 6.48. The lowest BCUT2D eigenvalue weighted by Gasteiger charge is -2.40. The van der Waals surface area contributed by atoms with E-state index in [9.17, 15) is 9.59 Å². The lowest BCUT2D eigenvalue weighted by atomic mass is 9.80. The van der Waals surface area contributed by atoms with E-state index in [1.165, 1.54) is 6.08 Å². The van der Waals surface area contributed by atoms with Crippen LogP contribution in [0.5, 0.6) is 0 Å². The molecular weight excluding hydrogens is 545 g/mol. The Balaban J connectivity index is 1.12. The maximum absolute atomic E-state index is 15.2. The molecule has 42 heavy (non-hydrogen) atoms. The standard InChI is InChI=1S/C32H36FNO8/c1-29(2)39-24-17-38-32(26(25(24)40-29)41-30(3,4)42-32)18-37-27(35)20-13-11-19(12-14-20)15-21(33)16-31(5)22-9-7-8-10-23(22)34(6)28(31)36/h7-15,24-26H,16-18H2,1-6H3/t24-,25-,26+,31+,32+/m0/s1. The minimum absolute atomic E-state index is 0.0769. The van der Waals surface area contributed by atoms with Crippen LogP contribution in [0, 0.1) is 0 Å². The number of amides is 1. The van der Waals surface area contributed by atoms with Crippen molar-refractivity contribution in [1.82, 2.24) is 0 Å². The smallest absolute Gasteiger partial charge is 0.338 e. The van der Waals surface area contributed by atoms with Crippen LogP contribution < -0.4 is 4.90 Å². The lowest BCUT2D eigenvalue weighted by molar-refractivity contribution is -0.293. The molecule has 0 saturated carbocycles. The molecule has 9 nitrogen and oxygen atoms in total. The summed E-state index contributed by atoms with van der Waals surface area (Å²) in [6, 6.07) is 13.8. The van der Waals surface area contributed by atoms with Gasteiger partial charge in [-0.05, 0) is 70.0 Å². The number of esters is 1. The van der Waals surface area contributed by atoms with Crippen molar-refractivity contribution in [2.75, 3.05) is 25.2 Å². The number of likely N-dealkylation sites (N-methyl/N-ethyl adjacent to an activating group) is 1. The molecule has 4 aliphatic rings. The third-order valence-electron chi connectivity index (χ3n) is 8.31. The summed E-state index contributed by atoms with van der Waals surface area (Å²) in [4.78, 5) is 27.6. The molecule has 2 aromatic carbocycles. The number of hydrogen-bond acceptors (Lipinski definition) is 8. The normalized spacial score (nSPS) is 32.8. The van der Waals surface area contributed by atoms with E-state index >= 15 is 4.39 Å². The summed E-state index contributed by atoms with van der Waals surface area (Å²) in [6.07, 6.45) is -0.159. The Morgan fingerprint density at radius 1 is 1.02 bits per heavy atom. The second-order valence-corrected chi connectivity index (χ2v) is 12.5. The second-order valence-electron chi connectivity index (χ2n) is 12.5. The zero-order valence-corrected chi connectivity index (χ0v) is 24.6. The van der Waals surface area contributed by atoms with Crippen molar-refractivity contribution >= 4 is 23.6 Å². The number of fused-ring (bicyclic) bond motifs is 4. The molecule has 4 heterocycles. The summed E-state index contributed by atoms with van der Waals surface area (Å²) >= 11 is 0. The third-order valence-corrected chi connectivity index (χ3v) is 8.31. The van der Waals surface area contributed by atoms with E-state index in [2.05, 4.69) is 0 Å². The molecule has 0 bridgehead atoms. The van der Waals surface area contributed by atoms with Gasteiger partial charge in [-0.2, -0.15) is 0 Å². The molecule has 0 aliphatic carbocycles. The van der Waals surface area contributed by atoms with Crippen LogP contribution in [0.3, 0.4) is 0 Å². The third kappa shape index (κ3) is 4.95. The summed E-state index contributed by atoms with van der Waals surface area (Å²) < 4.78 is 51.2. The molecule has 0 radical (unpaired) electrons. The van der Waals surface area contributed by atoms with Crippen LogP contribution in [-0.4, -0.2) is 67.8 Å². The van der Waals surface area contributed by atoms with Gasteiger partial charge in [-0.1, -0.05) is 30.3 Å². The molecule has 5 atom stereocenters. The molecule has 4 aliphatic heterocycles. The minimum Gasteiger partial charge on any atom is -0.456 e. The number of nitrogens with zero attached hydrogens (tertiary/aromatic N) is 1. The van der Waals surface area contributed by atoms with Crippen LogP contribution in [0.2, 0.25) is 0 Å². The van der Waals surface area contributed by atoms with Crippen LogP contribution in [0.1, 0.15) is 62.5 Å². The van der Waals surface area contributed by atoms with E-state index < -0.39 is 46.8 Å². The van der Waals surface area contributed by atoms with Gasteiger partial charge >= 0.3 is 5.97 Å². The highest BCUT2D eigenvalue weighted by Gasteiger charge is 2.66. The molecule has 0 spiro atoms. The van der Waals surface area contributed by atoms with Crippen LogP contribution in [0.15, 0.2) is 54.4 Å². The van der Waals surface area contributed by atoms with Gasteiger partial charge in [0.15, 0.2) is 11.6 Å². The molecule has 0 N–H and O–H groups in total. The van der Waals surface area contributed by atoms with Gasteiger partial charge in [-0.25, -0.2) is 9.18 Å². The first-order valence-electron chi connectivity index (χ1n) is 14.1. The summed E-state index contributed by atoms with van der Waals surface area (Å²) in [5.74, 6) is -4.33. The number of carbonyl (C=O) groups excluding carboxylic acids is 2. The van der Waals surface area contributed by atoms with E-state index in [-0.39, 0.29) is 37.2 Å². The maximum Gasteiger partial charge on any atom is 0.338 e. The molecule has 3 saturated heterocycles. The van der Waals surface area contributed by atoms with Gasteiger partial charge in [0, 0.05) is 19.2 Å². The Morgan fingerprint density at radius 2 is 1.74 bits per heavy atom. The van der Waals surface area contributed by atoms with Gasteiger partial charge < -0.3 is 33.3 Å². The Bertz CT molecular complexity index is 1440. The number of hydrogen-bond donors (Lipinski definition) is 0. The Kier molecular flexibility index (Phi) is 6.86.